The number of ether oxygens (including phenoxy) is 1. The van der Waals surface area contributed by atoms with Crippen molar-refractivity contribution in [2.45, 2.75) is 78.5 Å². The lowest BCUT2D eigenvalue weighted by Crippen LogP contribution is -2.35. The van der Waals surface area contributed by atoms with Crippen LogP contribution in [0.4, 0.5) is 0 Å². The van der Waals surface area contributed by atoms with E-state index in [1.807, 2.05) is 6.07 Å². The van der Waals surface area contributed by atoms with E-state index in [0.717, 1.165) is 31.0 Å². The molecule has 21 heavy (non-hydrogen) atoms. The van der Waals surface area contributed by atoms with E-state index in [9.17, 15) is 0 Å². The fourth-order valence-corrected chi connectivity index (χ4v) is 2.05. The van der Waals surface area contributed by atoms with Crippen LogP contribution < -0.4 is 5.32 Å². The van der Waals surface area contributed by atoms with E-state index in [2.05, 4.69) is 50.1 Å². The maximum atomic E-state index is 5.72. The molecule has 0 saturated carbocycles. The zero-order chi connectivity index (χ0) is 15.6. The molecule has 0 fully saturated rings. The molecular weight excluding hydrogens is 260 g/mol. The monoisotopic (exact) mass is 292 g/mol. The fraction of sp³-hybridized carbons (Fsp3) is 0.722. The Morgan fingerprint density at radius 1 is 1.05 bits per heavy atom. The molecule has 1 aromatic rings. The summed E-state index contributed by atoms with van der Waals surface area (Å²) in [6.07, 6.45) is 6.39. The lowest BCUT2D eigenvalue weighted by atomic mass is 10.1. The number of nitrogens with zero attached hydrogens (tertiary/aromatic N) is 1. The Balaban J connectivity index is 2.23. The normalized spacial score (nSPS) is 11.8. The van der Waals surface area contributed by atoms with Gasteiger partial charge < -0.3 is 10.1 Å². The van der Waals surface area contributed by atoms with Crippen LogP contribution in [0.1, 0.15) is 71.2 Å². The van der Waals surface area contributed by atoms with E-state index in [0.29, 0.717) is 6.61 Å². The van der Waals surface area contributed by atoms with Gasteiger partial charge in [0.25, 0.3) is 0 Å². The van der Waals surface area contributed by atoms with Crippen LogP contribution in [0.3, 0.4) is 0 Å². The second kappa shape index (κ2) is 9.91. The highest BCUT2D eigenvalue weighted by molar-refractivity contribution is 5.10. The molecule has 0 aliphatic carbocycles. The first kappa shape index (κ1) is 18.1. The average molecular weight is 292 g/mol. The SMILES string of the molecule is CCCCCCCOCc1cccc(CNC(C)(C)C)n1. The largest absolute Gasteiger partial charge is 0.375 e. The van der Waals surface area contributed by atoms with E-state index >= 15 is 0 Å². The molecule has 0 aromatic carbocycles. The predicted molar refractivity (Wildman–Crippen MR) is 89.2 cm³/mol. The van der Waals surface area contributed by atoms with Crippen LogP contribution in [-0.2, 0) is 17.9 Å². The molecule has 0 saturated heterocycles. The van der Waals surface area contributed by atoms with Crippen molar-refractivity contribution in [1.82, 2.24) is 10.3 Å². The Hall–Kier alpha value is -0.930. The van der Waals surface area contributed by atoms with Gasteiger partial charge in [-0.25, -0.2) is 0 Å². The van der Waals surface area contributed by atoms with Gasteiger partial charge in [-0.3, -0.25) is 4.98 Å². The molecule has 3 heteroatoms. The molecule has 0 bridgehead atoms. The van der Waals surface area contributed by atoms with Crippen LogP contribution in [0.25, 0.3) is 0 Å². The predicted octanol–water partition coefficient (Wildman–Crippen LogP) is 4.46. The van der Waals surface area contributed by atoms with Gasteiger partial charge in [0.1, 0.15) is 0 Å². The van der Waals surface area contributed by atoms with Gasteiger partial charge >= 0.3 is 0 Å². The quantitative estimate of drug-likeness (QED) is 0.647. The Morgan fingerprint density at radius 2 is 1.76 bits per heavy atom. The summed E-state index contributed by atoms with van der Waals surface area (Å²) >= 11 is 0. The molecule has 0 unspecified atom stereocenters. The number of nitrogens with one attached hydrogen (secondary N) is 1. The smallest absolute Gasteiger partial charge is 0.0887 e. The fourth-order valence-electron chi connectivity index (χ4n) is 2.05. The van der Waals surface area contributed by atoms with Crippen LogP contribution in [0.5, 0.6) is 0 Å². The second-order valence-electron chi connectivity index (χ2n) is 6.69. The summed E-state index contributed by atoms with van der Waals surface area (Å²) in [7, 11) is 0. The van der Waals surface area contributed by atoms with Crippen molar-refractivity contribution in [3.05, 3.63) is 29.6 Å². The van der Waals surface area contributed by atoms with E-state index in [1.54, 1.807) is 0 Å². The van der Waals surface area contributed by atoms with E-state index in [4.69, 9.17) is 4.74 Å². The Labute approximate surface area is 130 Å². The number of hydrogen-bond acceptors (Lipinski definition) is 3. The minimum atomic E-state index is 0.118. The third-order valence-corrected chi connectivity index (χ3v) is 3.31. The first-order chi connectivity index (χ1) is 10.0. The Kier molecular flexibility index (Phi) is 8.55. The third-order valence-electron chi connectivity index (χ3n) is 3.31. The molecule has 0 radical (unpaired) electrons. The topological polar surface area (TPSA) is 34.1 Å². The molecule has 0 amide bonds. The molecule has 0 aliphatic rings. The van der Waals surface area contributed by atoms with Gasteiger partial charge in [-0.1, -0.05) is 38.7 Å². The summed E-state index contributed by atoms with van der Waals surface area (Å²) in [5.74, 6) is 0. The first-order valence-electron chi connectivity index (χ1n) is 8.29. The van der Waals surface area contributed by atoms with E-state index in [-0.39, 0.29) is 5.54 Å². The van der Waals surface area contributed by atoms with Crippen LogP contribution >= 0.6 is 0 Å². The van der Waals surface area contributed by atoms with Gasteiger partial charge in [-0.15, -0.1) is 0 Å². The molecule has 1 aromatic heterocycles. The molecule has 0 atom stereocenters. The zero-order valence-corrected chi connectivity index (χ0v) is 14.2. The third kappa shape index (κ3) is 9.59. The summed E-state index contributed by atoms with van der Waals surface area (Å²) in [6, 6.07) is 6.16. The lowest BCUT2D eigenvalue weighted by molar-refractivity contribution is 0.114. The van der Waals surface area contributed by atoms with Gasteiger partial charge in [0.2, 0.25) is 0 Å². The van der Waals surface area contributed by atoms with Crippen LogP contribution in [0.2, 0.25) is 0 Å². The molecule has 120 valence electrons. The van der Waals surface area contributed by atoms with Crippen molar-refractivity contribution >= 4 is 0 Å². The highest BCUT2D eigenvalue weighted by atomic mass is 16.5. The molecule has 1 N–H and O–H groups in total. The summed E-state index contributed by atoms with van der Waals surface area (Å²) in [5.41, 5.74) is 2.22. The summed E-state index contributed by atoms with van der Waals surface area (Å²) < 4.78 is 5.72. The summed E-state index contributed by atoms with van der Waals surface area (Å²) in [5, 5.41) is 3.46. The first-order valence-corrected chi connectivity index (χ1v) is 8.29. The number of hydrogen-bond donors (Lipinski definition) is 1. The van der Waals surface area contributed by atoms with Crippen molar-refractivity contribution in [2.24, 2.45) is 0 Å². The second-order valence-corrected chi connectivity index (χ2v) is 6.69. The molecule has 1 rings (SSSR count). The summed E-state index contributed by atoms with van der Waals surface area (Å²) in [4.78, 5) is 4.64. The highest BCUT2D eigenvalue weighted by Gasteiger charge is 2.08. The molecule has 1 heterocycles. The lowest BCUT2D eigenvalue weighted by Gasteiger charge is -2.20. The number of pyridine rings is 1. The maximum Gasteiger partial charge on any atom is 0.0887 e. The van der Waals surface area contributed by atoms with E-state index in [1.165, 1.54) is 25.7 Å². The van der Waals surface area contributed by atoms with Crippen LogP contribution in [0.15, 0.2) is 18.2 Å². The standard InChI is InChI=1S/C18H32N2O/c1-5-6-7-8-9-13-21-15-17-12-10-11-16(20-17)14-19-18(2,3)4/h10-12,19H,5-9,13-15H2,1-4H3. The van der Waals surface area contributed by atoms with Crippen molar-refractivity contribution in [3.63, 3.8) is 0 Å². The van der Waals surface area contributed by atoms with Crippen molar-refractivity contribution in [2.75, 3.05) is 6.61 Å². The van der Waals surface area contributed by atoms with Crippen LogP contribution in [0, 0.1) is 0 Å². The van der Waals surface area contributed by atoms with Gasteiger partial charge in [0.15, 0.2) is 0 Å². The van der Waals surface area contributed by atoms with Gasteiger partial charge in [-0.2, -0.15) is 0 Å². The highest BCUT2D eigenvalue weighted by Crippen LogP contribution is 2.06. The minimum Gasteiger partial charge on any atom is -0.375 e. The number of aromatic nitrogens is 1. The van der Waals surface area contributed by atoms with Crippen molar-refractivity contribution < 1.29 is 4.74 Å². The van der Waals surface area contributed by atoms with Crippen molar-refractivity contribution in [3.8, 4) is 0 Å². The van der Waals surface area contributed by atoms with Gasteiger partial charge in [0, 0.05) is 18.7 Å². The number of rotatable bonds is 10. The summed E-state index contributed by atoms with van der Waals surface area (Å²) in [6.45, 7) is 11.0. The maximum absolute atomic E-state index is 5.72. The minimum absolute atomic E-state index is 0.118. The Morgan fingerprint density at radius 3 is 2.48 bits per heavy atom. The zero-order valence-electron chi connectivity index (χ0n) is 14.2. The van der Waals surface area contributed by atoms with Crippen LogP contribution in [-0.4, -0.2) is 17.1 Å². The molecular formula is C18H32N2O. The van der Waals surface area contributed by atoms with E-state index < -0.39 is 0 Å². The van der Waals surface area contributed by atoms with Gasteiger partial charge in [0.05, 0.1) is 18.0 Å². The Bertz CT molecular complexity index is 385. The molecule has 3 nitrogen and oxygen atoms in total. The average Bonchev–Trinajstić information content (AvgIpc) is 2.44. The van der Waals surface area contributed by atoms with Gasteiger partial charge in [-0.05, 0) is 39.3 Å². The number of unbranched alkanes of at least 4 members (excludes halogenated alkanes) is 4. The molecule has 0 spiro atoms. The molecule has 0 aliphatic heterocycles. The van der Waals surface area contributed by atoms with Crippen molar-refractivity contribution in [1.29, 1.82) is 0 Å².